The number of aromatic hydroxyl groups is 2. The fourth-order valence-electron chi connectivity index (χ4n) is 2.94. The van der Waals surface area contributed by atoms with E-state index in [0.29, 0.717) is 11.5 Å². The summed E-state index contributed by atoms with van der Waals surface area (Å²) in [6, 6.07) is 5.47. The topological polar surface area (TPSA) is 40.5 Å². The molecule has 2 N–H and O–H groups in total. The van der Waals surface area contributed by atoms with E-state index in [4.69, 9.17) is 0 Å². The summed E-state index contributed by atoms with van der Waals surface area (Å²) in [5.74, 6) is 0.693. The van der Waals surface area contributed by atoms with Crippen LogP contribution in [0, 0.1) is 13.8 Å². The lowest BCUT2D eigenvalue weighted by molar-refractivity contribution is 0.468. The molecule has 0 saturated carbocycles. The molecule has 0 heterocycles. The Morgan fingerprint density at radius 3 is 2.32 bits per heavy atom. The Morgan fingerprint density at radius 1 is 0.947 bits per heavy atom. The van der Waals surface area contributed by atoms with E-state index < -0.39 is 0 Å². The molecule has 0 aliphatic heterocycles. The Kier molecular flexibility index (Phi) is 2.82. The van der Waals surface area contributed by atoms with Crippen molar-refractivity contribution in [2.24, 2.45) is 0 Å². The van der Waals surface area contributed by atoms with Gasteiger partial charge in [-0.3, -0.25) is 0 Å². The van der Waals surface area contributed by atoms with Crippen LogP contribution < -0.4 is 0 Å². The second-order valence-electron chi connectivity index (χ2n) is 5.09. The van der Waals surface area contributed by atoms with Gasteiger partial charge in [-0.1, -0.05) is 22.0 Å². The fourth-order valence-corrected chi connectivity index (χ4v) is 3.61. The van der Waals surface area contributed by atoms with Gasteiger partial charge >= 0.3 is 0 Å². The molecular formula is C16H15BrO2. The highest BCUT2D eigenvalue weighted by molar-refractivity contribution is 9.10. The Labute approximate surface area is 120 Å². The molecule has 0 aromatic heterocycles. The number of hydrogen-bond donors (Lipinski definition) is 2. The van der Waals surface area contributed by atoms with Crippen LogP contribution in [0.2, 0.25) is 0 Å². The standard InChI is InChI=1S/C16H15BrO2/c1-8-10-3-4-11-9(2)15(19)7-13(17)16(11)12(10)5-6-14(8)18/h5-7,18-19H,3-4H2,1-2H3. The first-order valence-electron chi connectivity index (χ1n) is 6.33. The van der Waals surface area contributed by atoms with Crippen molar-refractivity contribution in [1.29, 1.82) is 0 Å². The second-order valence-corrected chi connectivity index (χ2v) is 5.95. The smallest absolute Gasteiger partial charge is 0.119 e. The Bertz CT molecular complexity index is 690. The van der Waals surface area contributed by atoms with E-state index in [1.165, 1.54) is 11.1 Å². The van der Waals surface area contributed by atoms with Gasteiger partial charge in [0.15, 0.2) is 0 Å². The van der Waals surface area contributed by atoms with Crippen LogP contribution in [-0.4, -0.2) is 10.2 Å². The lowest BCUT2D eigenvalue weighted by Crippen LogP contribution is -2.08. The van der Waals surface area contributed by atoms with Gasteiger partial charge in [-0.15, -0.1) is 0 Å². The first-order valence-corrected chi connectivity index (χ1v) is 7.12. The summed E-state index contributed by atoms with van der Waals surface area (Å²) in [7, 11) is 0. The van der Waals surface area contributed by atoms with E-state index in [2.05, 4.69) is 15.9 Å². The minimum absolute atomic E-state index is 0.338. The molecule has 2 aromatic rings. The van der Waals surface area contributed by atoms with Gasteiger partial charge in [0.2, 0.25) is 0 Å². The molecular weight excluding hydrogens is 304 g/mol. The van der Waals surface area contributed by atoms with Gasteiger partial charge in [0.05, 0.1) is 0 Å². The lowest BCUT2D eigenvalue weighted by Gasteiger charge is -2.25. The van der Waals surface area contributed by atoms with Crippen LogP contribution >= 0.6 is 15.9 Å². The van der Waals surface area contributed by atoms with E-state index in [-0.39, 0.29) is 0 Å². The van der Waals surface area contributed by atoms with Gasteiger partial charge in [0.1, 0.15) is 11.5 Å². The molecule has 1 aliphatic rings. The van der Waals surface area contributed by atoms with Crippen LogP contribution in [-0.2, 0) is 12.8 Å². The predicted octanol–water partition coefficient (Wildman–Crippen LogP) is 4.24. The van der Waals surface area contributed by atoms with E-state index in [1.807, 2.05) is 19.9 Å². The molecule has 0 bridgehead atoms. The predicted molar refractivity (Wildman–Crippen MR) is 79.8 cm³/mol. The molecule has 0 spiro atoms. The number of halogens is 1. The zero-order valence-corrected chi connectivity index (χ0v) is 12.5. The Balaban J connectivity index is 2.37. The Morgan fingerprint density at radius 2 is 1.58 bits per heavy atom. The summed E-state index contributed by atoms with van der Waals surface area (Å²) in [5, 5.41) is 19.8. The SMILES string of the molecule is Cc1c(O)ccc2c1CCc1c(C)c(O)cc(Br)c1-2. The van der Waals surface area contributed by atoms with Gasteiger partial charge in [-0.05, 0) is 72.2 Å². The summed E-state index contributed by atoms with van der Waals surface area (Å²) in [4.78, 5) is 0. The van der Waals surface area contributed by atoms with Gasteiger partial charge in [-0.2, -0.15) is 0 Å². The largest absolute Gasteiger partial charge is 0.508 e. The molecule has 2 nitrogen and oxygen atoms in total. The summed E-state index contributed by atoms with van der Waals surface area (Å²) in [5.41, 5.74) is 6.63. The van der Waals surface area contributed by atoms with Crippen LogP contribution in [0.5, 0.6) is 11.5 Å². The van der Waals surface area contributed by atoms with Gasteiger partial charge in [0.25, 0.3) is 0 Å². The monoisotopic (exact) mass is 318 g/mol. The number of fused-ring (bicyclic) bond motifs is 3. The quantitative estimate of drug-likeness (QED) is 0.762. The fraction of sp³-hybridized carbons (Fsp3) is 0.250. The molecule has 1 aliphatic carbocycles. The van der Waals surface area contributed by atoms with Crippen molar-refractivity contribution >= 4 is 15.9 Å². The van der Waals surface area contributed by atoms with Crippen LogP contribution in [0.4, 0.5) is 0 Å². The molecule has 0 atom stereocenters. The lowest BCUT2D eigenvalue weighted by atomic mass is 9.81. The number of phenols is 2. The van der Waals surface area contributed by atoms with Crippen molar-refractivity contribution in [3.05, 3.63) is 44.9 Å². The molecule has 3 heteroatoms. The minimum Gasteiger partial charge on any atom is -0.508 e. The highest BCUT2D eigenvalue weighted by atomic mass is 79.9. The average molecular weight is 319 g/mol. The Hall–Kier alpha value is -1.48. The molecule has 0 saturated heterocycles. The molecule has 2 aromatic carbocycles. The molecule has 98 valence electrons. The molecule has 3 rings (SSSR count). The normalized spacial score (nSPS) is 13.0. The maximum absolute atomic E-state index is 9.93. The highest BCUT2D eigenvalue weighted by Gasteiger charge is 2.23. The minimum atomic E-state index is 0.338. The highest BCUT2D eigenvalue weighted by Crippen LogP contribution is 2.44. The molecule has 0 radical (unpaired) electrons. The van der Waals surface area contributed by atoms with Crippen LogP contribution in [0.1, 0.15) is 22.3 Å². The number of hydrogen-bond acceptors (Lipinski definition) is 2. The van der Waals surface area contributed by atoms with Crippen molar-refractivity contribution in [2.75, 3.05) is 0 Å². The maximum Gasteiger partial charge on any atom is 0.119 e. The number of benzene rings is 2. The summed E-state index contributed by atoms with van der Waals surface area (Å²) >= 11 is 3.56. The third-order valence-corrected chi connectivity index (χ3v) is 4.73. The maximum atomic E-state index is 9.93. The van der Waals surface area contributed by atoms with Crippen LogP contribution in [0.3, 0.4) is 0 Å². The van der Waals surface area contributed by atoms with Crippen LogP contribution in [0.15, 0.2) is 22.7 Å². The molecule has 0 amide bonds. The summed E-state index contributed by atoms with van der Waals surface area (Å²) in [6.45, 7) is 3.92. The van der Waals surface area contributed by atoms with Crippen molar-refractivity contribution in [3.63, 3.8) is 0 Å². The first-order chi connectivity index (χ1) is 9.00. The third kappa shape index (κ3) is 1.76. The van der Waals surface area contributed by atoms with Crippen molar-refractivity contribution in [3.8, 4) is 22.6 Å². The summed E-state index contributed by atoms with van der Waals surface area (Å²) in [6.07, 6.45) is 1.80. The van der Waals surface area contributed by atoms with Crippen molar-refractivity contribution < 1.29 is 10.2 Å². The third-order valence-electron chi connectivity index (χ3n) is 4.11. The summed E-state index contributed by atoms with van der Waals surface area (Å²) < 4.78 is 0.914. The first kappa shape index (κ1) is 12.5. The van der Waals surface area contributed by atoms with Gasteiger partial charge in [0, 0.05) is 4.47 Å². The average Bonchev–Trinajstić information content (AvgIpc) is 2.39. The number of phenolic OH excluding ortho intramolecular Hbond substituents is 2. The zero-order valence-electron chi connectivity index (χ0n) is 10.9. The van der Waals surface area contributed by atoms with Crippen LogP contribution in [0.25, 0.3) is 11.1 Å². The molecule has 0 fully saturated rings. The van der Waals surface area contributed by atoms with Gasteiger partial charge < -0.3 is 10.2 Å². The molecule has 19 heavy (non-hydrogen) atoms. The molecule has 0 unspecified atom stereocenters. The van der Waals surface area contributed by atoms with Gasteiger partial charge in [-0.25, -0.2) is 0 Å². The van der Waals surface area contributed by atoms with E-state index in [9.17, 15) is 10.2 Å². The van der Waals surface area contributed by atoms with Crippen molar-refractivity contribution in [2.45, 2.75) is 26.7 Å². The van der Waals surface area contributed by atoms with Crippen molar-refractivity contribution in [1.82, 2.24) is 0 Å². The van der Waals surface area contributed by atoms with E-state index in [0.717, 1.165) is 39.6 Å². The number of rotatable bonds is 0. The second kappa shape index (κ2) is 4.27. The van der Waals surface area contributed by atoms with E-state index >= 15 is 0 Å². The van der Waals surface area contributed by atoms with E-state index in [1.54, 1.807) is 12.1 Å². The zero-order chi connectivity index (χ0) is 13.7.